The highest BCUT2D eigenvalue weighted by molar-refractivity contribution is 5.89. The van der Waals surface area contributed by atoms with E-state index in [1.54, 1.807) is 36.4 Å². The van der Waals surface area contributed by atoms with Crippen molar-refractivity contribution in [3.63, 3.8) is 0 Å². The second-order valence-corrected chi connectivity index (χ2v) is 6.97. The summed E-state index contributed by atoms with van der Waals surface area (Å²) in [5, 5.41) is 0. The van der Waals surface area contributed by atoms with Crippen LogP contribution in [-0.4, -0.2) is 35.0 Å². The van der Waals surface area contributed by atoms with Crippen molar-refractivity contribution in [2.24, 2.45) is 5.92 Å². The molecule has 26 heavy (non-hydrogen) atoms. The Morgan fingerprint density at radius 1 is 1.15 bits per heavy atom. The number of ether oxygens (including phenoxy) is 1. The number of nitrogens with zero attached hydrogens (tertiary/aromatic N) is 1. The second-order valence-electron chi connectivity index (χ2n) is 6.97. The Labute approximate surface area is 156 Å². The molecule has 0 aliphatic carbocycles. The number of hydrogen-bond acceptors (Lipinski definition) is 3. The molecule has 140 valence electrons. The zero-order chi connectivity index (χ0) is 19.1. The second kappa shape index (κ2) is 9.37. The van der Waals surface area contributed by atoms with Crippen LogP contribution in [0.1, 0.15) is 49.9 Å². The summed E-state index contributed by atoms with van der Waals surface area (Å²) in [5.74, 6) is -0.460. The summed E-state index contributed by atoms with van der Waals surface area (Å²) in [6.07, 6.45) is 5.86. The number of likely N-dealkylation sites (tertiary alicyclic amines) is 1. The van der Waals surface area contributed by atoms with Crippen molar-refractivity contribution < 1.29 is 14.3 Å². The fourth-order valence-electron chi connectivity index (χ4n) is 3.59. The van der Waals surface area contributed by atoms with Gasteiger partial charge in [-0.3, -0.25) is 4.79 Å². The molecule has 0 aromatic heterocycles. The van der Waals surface area contributed by atoms with Crippen LogP contribution in [0.2, 0.25) is 0 Å². The molecule has 1 saturated heterocycles. The first-order valence-corrected chi connectivity index (χ1v) is 9.30. The van der Waals surface area contributed by atoms with E-state index in [0.717, 1.165) is 12.8 Å². The van der Waals surface area contributed by atoms with E-state index in [-0.39, 0.29) is 29.9 Å². The van der Waals surface area contributed by atoms with Crippen LogP contribution in [0.4, 0.5) is 0 Å². The minimum absolute atomic E-state index is 0.120. The summed E-state index contributed by atoms with van der Waals surface area (Å²) >= 11 is 0. The maximum atomic E-state index is 12.7. The van der Waals surface area contributed by atoms with Crippen LogP contribution in [0.3, 0.4) is 0 Å². The van der Waals surface area contributed by atoms with Crippen molar-refractivity contribution in [2.45, 2.75) is 57.7 Å². The summed E-state index contributed by atoms with van der Waals surface area (Å²) in [6.45, 7) is 11.8. The van der Waals surface area contributed by atoms with Crippen molar-refractivity contribution >= 4 is 11.9 Å². The van der Waals surface area contributed by atoms with Gasteiger partial charge >= 0.3 is 5.97 Å². The highest BCUT2D eigenvalue weighted by Gasteiger charge is 2.32. The summed E-state index contributed by atoms with van der Waals surface area (Å²) in [5.41, 5.74) is 0.498. The zero-order valence-electron chi connectivity index (χ0n) is 15.8. The van der Waals surface area contributed by atoms with E-state index >= 15 is 0 Å². The predicted molar refractivity (Wildman–Crippen MR) is 104 cm³/mol. The lowest BCUT2D eigenvalue weighted by Gasteiger charge is -2.28. The van der Waals surface area contributed by atoms with Crippen LogP contribution in [0.25, 0.3) is 0 Å². The number of rotatable bonds is 8. The van der Waals surface area contributed by atoms with E-state index in [1.807, 2.05) is 11.0 Å². The molecule has 3 atom stereocenters. The van der Waals surface area contributed by atoms with Gasteiger partial charge in [0.25, 0.3) is 0 Å². The maximum Gasteiger partial charge on any atom is 0.338 e. The van der Waals surface area contributed by atoms with Crippen molar-refractivity contribution in [2.75, 3.05) is 0 Å². The third-order valence-corrected chi connectivity index (χ3v) is 5.12. The van der Waals surface area contributed by atoms with E-state index in [1.165, 1.54) is 0 Å². The molecule has 1 aliphatic heterocycles. The van der Waals surface area contributed by atoms with Crippen LogP contribution in [0.15, 0.2) is 55.6 Å². The molecular formula is C22H29NO3. The number of carbonyl (C=O) groups excluding carboxylic acids is 2. The third kappa shape index (κ3) is 4.84. The fraction of sp³-hybridized carbons (Fsp3) is 0.455. The van der Waals surface area contributed by atoms with Crippen LogP contribution >= 0.6 is 0 Å². The minimum atomic E-state index is -0.449. The van der Waals surface area contributed by atoms with Gasteiger partial charge < -0.3 is 9.64 Å². The van der Waals surface area contributed by atoms with Crippen molar-refractivity contribution in [1.82, 2.24) is 4.90 Å². The van der Waals surface area contributed by atoms with Gasteiger partial charge in [-0.15, -0.1) is 13.2 Å². The number of benzene rings is 1. The van der Waals surface area contributed by atoms with Gasteiger partial charge in [-0.05, 0) is 45.2 Å². The molecule has 0 N–H and O–H groups in total. The smallest absolute Gasteiger partial charge is 0.338 e. The van der Waals surface area contributed by atoms with Crippen molar-refractivity contribution in [3.8, 4) is 0 Å². The Morgan fingerprint density at radius 2 is 1.73 bits per heavy atom. The zero-order valence-corrected chi connectivity index (χ0v) is 15.8. The molecular weight excluding hydrogens is 326 g/mol. The lowest BCUT2D eigenvalue weighted by molar-refractivity contribution is -0.134. The molecule has 1 aromatic carbocycles. The fourth-order valence-corrected chi connectivity index (χ4v) is 3.59. The SMILES string of the molecule is C=CC(C=C)[C@@H](CCC(=O)N1[C@@H](C)CC[C@@H]1C)OC(=O)c1ccccc1. The minimum Gasteiger partial charge on any atom is -0.458 e. The van der Waals surface area contributed by atoms with Crippen LogP contribution in [-0.2, 0) is 9.53 Å². The molecule has 2 rings (SSSR count). The molecule has 4 nitrogen and oxygen atoms in total. The van der Waals surface area contributed by atoms with Crippen LogP contribution in [0.5, 0.6) is 0 Å². The Hall–Kier alpha value is -2.36. The van der Waals surface area contributed by atoms with E-state index in [2.05, 4.69) is 27.0 Å². The standard InChI is InChI=1S/C22H29NO3/c1-5-18(6-2)20(26-22(25)19-10-8-7-9-11-19)14-15-21(24)23-16(3)12-13-17(23)4/h5-11,16-18,20H,1-2,12-15H2,3-4H3/t16-,17-,20+/m0/s1. The number of carbonyl (C=O) groups is 2. The Bertz CT molecular complexity index is 622. The van der Waals surface area contributed by atoms with Gasteiger partial charge in [-0.25, -0.2) is 4.79 Å². The normalized spacial score (nSPS) is 20.7. The number of hydrogen-bond donors (Lipinski definition) is 0. The lowest BCUT2D eigenvalue weighted by atomic mass is 9.97. The molecule has 1 aliphatic rings. The summed E-state index contributed by atoms with van der Waals surface area (Å²) in [6, 6.07) is 9.42. The molecule has 0 saturated carbocycles. The topological polar surface area (TPSA) is 46.6 Å². The third-order valence-electron chi connectivity index (χ3n) is 5.12. The van der Waals surface area contributed by atoms with E-state index in [0.29, 0.717) is 18.4 Å². The Balaban J connectivity index is 2.03. The van der Waals surface area contributed by atoms with Crippen molar-refractivity contribution in [1.29, 1.82) is 0 Å². The molecule has 1 amide bonds. The van der Waals surface area contributed by atoms with E-state index < -0.39 is 6.10 Å². The first-order chi connectivity index (χ1) is 12.5. The quantitative estimate of drug-likeness (QED) is 0.513. The largest absolute Gasteiger partial charge is 0.458 e. The molecule has 1 fully saturated rings. The van der Waals surface area contributed by atoms with Gasteiger partial charge in [0.05, 0.1) is 5.56 Å². The van der Waals surface area contributed by atoms with E-state index in [4.69, 9.17) is 4.74 Å². The van der Waals surface area contributed by atoms with Gasteiger partial charge in [-0.2, -0.15) is 0 Å². The monoisotopic (exact) mass is 355 g/mol. The molecule has 0 spiro atoms. The first-order valence-electron chi connectivity index (χ1n) is 9.30. The van der Waals surface area contributed by atoms with Gasteiger partial charge in [0.1, 0.15) is 6.10 Å². The summed E-state index contributed by atoms with van der Waals surface area (Å²) in [4.78, 5) is 27.0. The van der Waals surface area contributed by atoms with Gasteiger partial charge in [-0.1, -0.05) is 30.4 Å². The predicted octanol–water partition coefficient (Wildman–Crippen LogP) is 4.38. The molecule has 0 radical (unpaired) electrons. The van der Waals surface area contributed by atoms with Gasteiger partial charge in [0.15, 0.2) is 0 Å². The molecule has 1 heterocycles. The first kappa shape index (κ1) is 20.0. The molecule has 1 aromatic rings. The average molecular weight is 355 g/mol. The average Bonchev–Trinajstić information content (AvgIpc) is 2.99. The van der Waals surface area contributed by atoms with Crippen LogP contribution < -0.4 is 0 Å². The summed E-state index contributed by atoms with van der Waals surface area (Å²) in [7, 11) is 0. The highest BCUT2D eigenvalue weighted by Crippen LogP contribution is 2.26. The molecule has 0 bridgehead atoms. The van der Waals surface area contributed by atoms with Gasteiger partial charge in [0.2, 0.25) is 5.91 Å². The maximum absolute atomic E-state index is 12.7. The molecule has 4 heteroatoms. The number of esters is 1. The Morgan fingerprint density at radius 3 is 2.27 bits per heavy atom. The highest BCUT2D eigenvalue weighted by atomic mass is 16.5. The van der Waals surface area contributed by atoms with Crippen molar-refractivity contribution in [3.05, 3.63) is 61.2 Å². The molecule has 0 unspecified atom stereocenters. The number of amides is 1. The van der Waals surface area contributed by atoms with Crippen LogP contribution in [0, 0.1) is 5.92 Å². The van der Waals surface area contributed by atoms with Gasteiger partial charge in [0, 0.05) is 24.4 Å². The summed E-state index contributed by atoms with van der Waals surface area (Å²) < 4.78 is 5.70. The van der Waals surface area contributed by atoms with E-state index in [9.17, 15) is 9.59 Å². The Kier molecular flexibility index (Phi) is 7.19. The lowest BCUT2D eigenvalue weighted by Crippen LogP contribution is -2.39.